The third-order valence-corrected chi connectivity index (χ3v) is 9.63. The van der Waals surface area contributed by atoms with Gasteiger partial charge in [-0.1, -0.05) is 78.9 Å². The van der Waals surface area contributed by atoms with E-state index in [1.807, 2.05) is 11.8 Å². The van der Waals surface area contributed by atoms with Crippen molar-refractivity contribution in [3.05, 3.63) is 90.5 Å². The van der Waals surface area contributed by atoms with Crippen LogP contribution in [0.4, 0.5) is 0 Å². The number of para-hydroxylation sites is 1. The van der Waals surface area contributed by atoms with Crippen molar-refractivity contribution in [1.29, 1.82) is 0 Å². The van der Waals surface area contributed by atoms with E-state index in [1.165, 1.54) is 26.6 Å². The van der Waals surface area contributed by atoms with E-state index >= 15 is 0 Å². The van der Waals surface area contributed by atoms with E-state index < -0.39 is 7.12 Å². The first-order chi connectivity index (χ1) is 17.3. The summed E-state index contributed by atoms with van der Waals surface area (Å²) in [5, 5.41) is 4.18. The van der Waals surface area contributed by atoms with Crippen molar-refractivity contribution in [2.24, 2.45) is 0 Å². The van der Waals surface area contributed by atoms with Crippen molar-refractivity contribution < 1.29 is 9.31 Å². The zero-order chi connectivity index (χ0) is 24.7. The van der Waals surface area contributed by atoms with Crippen LogP contribution in [-0.2, 0) is 9.31 Å². The standard InChI is InChI=1S/C31H28BNO2S/c1-30(2)31(3,4)35-32(34-30)20-11-9-10-19(18-20)28-24-17-16-22-21-12-6-8-15-26(21)36-29(22)27(24)23-13-5-7-14-25(23)33-28/h5-18,21,26H,1-4H3. The monoisotopic (exact) mass is 489 g/mol. The predicted molar refractivity (Wildman–Crippen MR) is 151 cm³/mol. The summed E-state index contributed by atoms with van der Waals surface area (Å²) in [6.45, 7) is 8.37. The summed E-state index contributed by atoms with van der Waals surface area (Å²) in [4.78, 5) is 6.59. The topological polar surface area (TPSA) is 31.4 Å². The Kier molecular flexibility index (Phi) is 4.86. The van der Waals surface area contributed by atoms with E-state index in [9.17, 15) is 0 Å². The van der Waals surface area contributed by atoms with Gasteiger partial charge in [-0.15, -0.1) is 11.8 Å². The molecule has 0 saturated carbocycles. The Balaban J connectivity index is 1.42. The summed E-state index contributed by atoms with van der Waals surface area (Å²) in [6, 6.07) is 21.6. The summed E-state index contributed by atoms with van der Waals surface area (Å²) in [7, 11) is -0.400. The molecular formula is C31H28BNO2S. The normalized spacial score (nSPS) is 23.4. The van der Waals surface area contributed by atoms with Gasteiger partial charge in [0.25, 0.3) is 0 Å². The molecular weight excluding hydrogens is 461 g/mol. The van der Waals surface area contributed by atoms with Gasteiger partial charge in [-0.25, -0.2) is 4.98 Å². The molecule has 0 spiro atoms. The van der Waals surface area contributed by atoms with Crippen LogP contribution in [0.25, 0.3) is 32.9 Å². The molecule has 4 aromatic rings. The fourth-order valence-electron chi connectivity index (χ4n) is 5.56. The molecule has 1 fully saturated rings. The summed E-state index contributed by atoms with van der Waals surface area (Å²) in [5.74, 6) is 0.432. The van der Waals surface area contributed by atoms with Gasteiger partial charge in [-0.2, -0.15) is 0 Å². The molecule has 2 unspecified atom stereocenters. The van der Waals surface area contributed by atoms with Crippen LogP contribution >= 0.6 is 11.8 Å². The number of hydrogen-bond donors (Lipinski definition) is 0. The third-order valence-electron chi connectivity index (χ3n) is 8.23. The largest absolute Gasteiger partial charge is 0.494 e. The number of thioether (sulfide) groups is 1. The fourth-order valence-corrected chi connectivity index (χ4v) is 7.07. The Labute approximate surface area is 216 Å². The molecule has 2 aliphatic heterocycles. The van der Waals surface area contributed by atoms with Crippen molar-refractivity contribution in [2.75, 3.05) is 0 Å². The molecule has 5 heteroatoms. The van der Waals surface area contributed by atoms with Crippen LogP contribution in [0, 0.1) is 0 Å². The second-order valence-electron chi connectivity index (χ2n) is 11.0. The number of aromatic nitrogens is 1. The van der Waals surface area contributed by atoms with Crippen molar-refractivity contribution >= 4 is 46.0 Å². The first-order valence-electron chi connectivity index (χ1n) is 12.7. The Morgan fingerprint density at radius 3 is 2.44 bits per heavy atom. The van der Waals surface area contributed by atoms with Crippen molar-refractivity contribution in [2.45, 2.75) is 55.0 Å². The predicted octanol–water partition coefficient (Wildman–Crippen LogP) is 7.04. The first-order valence-corrected chi connectivity index (χ1v) is 13.5. The van der Waals surface area contributed by atoms with Crippen LogP contribution < -0.4 is 5.46 Å². The zero-order valence-corrected chi connectivity index (χ0v) is 21.8. The maximum atomic E-state index is 6.35. The molecule has 2 atom stereocenters. The van der Waals surface area contributed by atoms with Crippen molar-refractivity contribution in [3.8, 4) is 11.3 Å². The van der Waals surface area contributed by atoms with E-state index in [4.69, 9.17) is 14.3 Å². The van der Waals surface area contributed by atoms with E-state index in [-0.39, 0.29) is 11.2 Å². The van der Waals surface area contributed by atoms with E-state index in [0.29, 0.717) is 11.2 Å². The van der Waals surface area contributed by atoms with Gasteiger partial charge in [-0.05, 0) is 44.8 Å². The molecule has 1 saturated heterocycles. The Morgan fingerprint density at radius 1 is 0.833 bits per heavy atom. The molecule has 36 heavy (non-hydrogen) atoms. The van der Waals surface area contributed by atoms with Crippen molar-refractivity contribution in [1.82, 2.24) is 4.98 Å². The van der Waals surface area contributed by atoms with Gasteiger partial charge in [0.1, 0.15) is 0 Å². The Bertz CT molecular complexity index is 1590. The van der Waals surface area contributed by atoms with E-state index in [0.717, 1.165) is 22.2 Å². The third kappa shape index (κ3) is 3.26. The van der Waals surface area contributed by atoms with Crippen LogP contribution in [-0.4, -0.2) is 28.6 Å². The molecule has 1 aromatic heterocycles. The summed E-state index contributed by atoms with van der Waals surface area (Å²) in [5.41, 5.74) is 4.80. The zero-order valence-electron chi connectivity index (χ0n) is 21.0. The molecule has 3 nitrogen and oxygen atoms in total. The number of allylic oxidation sites excluding steroid dienone is 3. The van der Waals surface area contributed by atoms with Gasteiger partial charge in [0.05, 0.1) is 22.4 Å². The molecule has 3 heterocycles. The number of hydrogen-bond acceptors (Lipinski definition) is 4. The Morgan fingerprint density at radius 2 is 1.61 bits per heavy atom. The van der Waals surface area contributed by atoms with Gasteiger partial charge in [0, 0.05) is 37.8 Å². The van der Waals surface area contributed by atoms with Crippen LogP contribution in [0.1, 0.15) is 39.2 Å². The van der Waals surface area contributed by atoms with Crippen molar-refractivity contribution in [3.63, 3.8) is 0 Å². The molecule has 0 radical (unpaired) electrons. The maximum Gasteiger partial charge on any atom is 0.494 e. The minimum absolute atomic E-state index is 0.376. The SMILES string of the molecule is CC1(C)OB(c2cccc(-c3nc4ccccc4c4c5c(ccc34)C3C=CC=CC3S5)c2)OC1(C)C. The summed E-state index contributed by atoms with van der Waals surface area (Å²) < 4.78 is 12.7. The van der Waals surface area contributed by atoms with E-state index in [2.05, 4.69) is 113 Å². The lowest BCUT2D eigenvalue weighted by Gasteiger charge is -2.32. The highest BCUT2D eigenvalue weighted by molar-refractivity contribution is 8.00. The quantitative estimate of drug-likeness (QED) is 0.223. The lowest BCUT2D eigenvalue weighted by molar-refractivity contribution is 0.00578. The average molecular weight is 489 g/mol. The Hall–Kier alpha value is -2.86. The number of nitrogens with zero attached hydrogens (tertiary/aromatic N) is 1. The molecule has 0 bridgehead atoms. The molecule has 0 amide bonds. The molecule has 1 aliphatic carbocycles. The average Bonchev–Trinajstić information content (AvgIpc) is 3.36. The van der Waals surface area contributed by atoms with Gasteiger partial charge < -0.3 is 9.31 Å². The number of pyridine rings is 1. The van der Waals surface area contributed by atoms with E-state index in [1.54, 1.807) is 0 Å². The number of benzene rings is 3. The van der Waals surface area contributed by atoms with Crippen LogP contribution in [0.2, 0.25) is 0 Å². The molecule has 7 rings (SSSR count). The van der Waals surface area contributed by atoms with Crippen LogP contribution in [0.15, 0.2) is 89.9 Å². The minimum atomic E-state index is -0.400. The van der Waals surface area contributed by atoms with Gasteiger partial charge in [0.15, 0.2) is 0 Å². The summed E-state index contributed by atoms with van der Waals surface area (Å²) in [6.07, 6.45) is 9.03. The lowest BCUT2D eigenvalue weighted by atomic mass is 9.78. The highest BCUT2D eigenvalue weighted by Gasteiger charge is 2.51. The first kappa shape index (κ1) is 22.4. The highest BCUT2D eigenvalue weighted by atomic mass is 32.2. The smallest absolute Gasteiger partial charge is 0.399 e. The van der Waals surface area contributed by atoms with Gasteiger partial charge in [-0.3, -0.25) is 0 Å². The molecule has 3 aliphatic rings. The molecule has 3 aromatic carbocycles. The van der Waals surface area contributed by atoms with Gasteiger partial charge in [0.2, 0.25) is 0 Å². The molecule has 0 N–H and O–H groups in total. The summed E-state index contributed by atoms with van der Waals surface area (Å²) >= 11 is 1.99. The second kappa shape index (κ2) is 7.82. The van der Waals surface area contributed by atoms with Crippen LogP contribution in [0.3, 0.4) is 0 Å². The van der Waals surface area contributed by atoms with Gasteiger partial charge >= 0.3 is 7.12 Å². The molecule has 178 valence electrons. The highest BCUT2D eigenvalue weighted by Crippen LogP contribution is 2.52. The minimum Gasteiger partial charge on any atom is -0.399 e. The van der Waals surface area contributed by atoms with Crippen LogP contribution in [0.5, 0.6) is 0 Å². The lowest BCUT2D eigenvalue weighted by Crippen LogP contribution is -2.41. The maximum absolute atomic E-state index is 6.35. The second-order valence-corrected chi connectivity index (χ2v) is 12.2. The fraction of sp³-hybridized carbons (Fsp3) is 0.258. The number of rotatable bonds is 2. The number of fused-ring (bicyclic) bond motifs is 7.